The van der Waals surface area contributed by atoms with E-state index in [2.05, 4.69) is 15.4 Å². The Bertz CT molecular complexity index is 307. The number of carbonyl (C=O) groups excluding carboxylic acids is 2. The van der Waals surface area contributed by atoms with Crippen molar-refractivity contribution in [2.45, 2.75) is 32.9 Å². The number of methoxy groups -OCH3 is 1. The van der Waals surface area contributed by atoms with Crippen molar-refractivity contribution in [1.82, 2.24) is 15.5 Å². The summed E-state index contributed by atoms with van der Waals surface area (Å²) in [5.74, 6) is -0.0110. The van der Waals surface area contributed by atoms with E-state index in [0.717, 1.165) is 13.1 Å². The molecule has 0 aromatic heterocycles. The molecular formula is C12H23N3O3. The number of alkyl carbamates (subject to hydrolysis) is 1. The number of nitrogens with zero attached hydrogens (tertiary/aromatic N) is 1. The molecule has 6 heteroatoms. The molecule has 1 rings (SSSR count). The molecule has 2 N–H and O–H groups in total. The van der Waals surface area contributed by atoms with Gasteiger partial charge < -0.3 is 20.3 Å². The molecule has 104 valence electrons. The van der Waals surface area contributed by atoms with Gasteiger partial charge in [0.1, 0.15) is 6.04 Å². The Morgan fingerprint density at radius 2 is 2.11 bits per heavy atom. The van der Waals surface area contributed by atoms with Crippen molar-refractivity contribution in [1.29, 1.82) is 0 Å². The number of amides is 2. The molecule has 0 aliphatic carbocycles. The fraction of sp³-hybridized carbons (Fsp3) is 0.833. The van der Waals surface area contributed by atoms with Gasteiger partial charge in [0, 0.05) is 25.7 Å². The first-order valence-electron chi connectivity index (χ1n) is 6.33. The van der Waals surface area contributed by atoms with Crippen LogP contribution in [0.15, 0.2) is 0 Å². The number of rotatable bonds is 3. The van der Waals surface area contributed by atoms with Crippen LogP contribution in [0.4, 0.5) is 4.79 Å². The number of hydrogen-bond donors (Lipinski definition) is 2. The number of carbonyl (C=O) groups is 2. The van der Waals surface area contributed by atoms with Crippen molar-refractivity contribution >= 4 is 12.0 Å². The first kappa shape index (κ1) is 14.8. The SMILES string of the molecule is COC(=O)NC(C(=O)N1CCNC[C@@H]1C)C(C)C. The summed E-state index contributed by atoms with van der Waals surface area (Å²) in [6.07, 6.45) is -0.565. The average Bonchev–Trinajstić information content (AvgIpc) is 2.35. The van der Waals surface area contributed by atoms with Crippen LogP contribution in [-0.2, 0) is 9.53 Å². The Labute approximate surface area is 108 Å². The first-order valence-corrected chi connectivity index (χ1v) is 6.33. The summed E-state index contributed by atoms with van der Waals surface area (Å²) in [7, 11) is 1.30. The van der Waals surface area contributed by atoms with Crippen LogP contribution in [-0.4, -0.2) is 55.7 Å². The second kappa shape index (κ2) is 6.58. The molecule has 18 heavy (non-hydrogen) atoms. The summed E-state index contributed by atoms with van der Waals surface area (Å²) in [4.78, 5) is 25.5. The summed E-state index contributed by atoms with van der Waals surface area (Å²) in [5.41, 5.74) is 0. The van der Waals surface area contributed by atoms with Crippen LogP contribution in [0.1, 0.15) is 20.8 Å². The topological polar surface area (TPSA) is 70.7 Å². The highest BCUT2D eigenvalue weighted by Crippen LogP contribution is 2.11. The minimum atomic E-state index is -0.565. The highest BCUT2D eigenvalue weighted by atomic mass is 16.5. The molecule has 6 nitrogen and oxygen atoms in total. The van der Waals surface area contributed by atoms with Gasteiger partial charge in [0.05, 0.1) is 7.11 Å². The van der Waals surface area contributed by atoms with Crippen LogP contribution in [0.2, 0.25) is 0 Å². The maximum absolute atomic E-state index is 12.4. The summed E-state index contributed by atoms with van der Waals surface area (Å²) < 4.78 is 4.56. The lowest BCUT2D eigenvalue weighted by Gasteiger charge is -2.37. The predicted octanol–water partition coefficient (Wildman–Crippen LogP) is 0.187. The highest BCUT2D eigenvalue weighted by molar-refractivity contribution is 5.86. The zero-order chi connectivity index (χ0) is 13.7. The molecule has 1 fully saturated rings. The van der Waals surface area contributed by atoms with E-state index in [4.69, 9.17) is 0 Å². The van der Waals surface area contributed by atoms with Crippen LogP contribution >= 0.6 is 0 Å². The fourth-order valence-electron chi connectivity index (χ4n) is 2.05. The maximum Gasteiger partial charge on any atom is 0.407 e. The lowest BCUT2D eigenvalue weighted by Crippen LogP contribution is -2.59. The van der Waals surface area contributed by atoms with Crippen LogP contribution in [0.3, 0.4) is 0 Å². The second-order valence-corrected chi connectivity index (χ2v) is 4.94. The molecule has 1 aliphatic rings. The molecule has 1 unspecified atom stereocenters. The van der Waals surface area contributed by atoms with Gasteiger partial charge in [0.25, 0.3) is 0 Å². The molecule has 0 bridgehead atoms. The van der Waals surface area contributed by atoms with Gasteiger partial charge in [-0.25, -0.2) is 4.79 Å². The Morgan fingerprint density at radius 1 is 1.44 bits per heavy atom. The molecule has 1 saturated heterocycles. The number of hydrogen-bond acceptors (Lipinski definition) is 4. The van der Waals surface area contributed by atoms with E-state index in [1.165, 1.54) is 7.11 Å². The third kappa shape index (κ3) is 3.60. The number of piperazine rings is 1. The van der Waals surface area contributed by atoms with E-state index in [-0.39, 0.29) is 17.9 Å². The molecule has 1 aliphatic heterocycles. The summed E-state index contributed by atoms with van der Waals surface area (Å²) in [5, 5.41) is 5.84. The summed E-state index contributed by atoms with van der Waals surface area (Å²) >= 11 is 0. The zero-order valence-electron chi connectivity index (χ0n) is 11.5. The minimum absolute atomic E-state index is 0.0266. The van der Waals surface area contributed by atoms with E-state index in [9.17, 15) is 9.59 Å². The molecule has 0 aromatic carbocycles. The average molecular weight is 257 g/mol. The lowest BCUT2D eigenvalue weighted by atomic mass is 10.0. The van der Waals surface area contributed by atoms with Crippen molar-refractivity contribution in [3.05, 3.63) is 0 Å². The van der Waals surface area contributed by atoms with Crippen molar-refractivity contribution in [2.24, 2.45) is 5.92 Å². The van der Waals surface area contributed by atoms with Crippen LogP contribution < -0.4 is 10.6 Å². The molecule has 0 spiro atoms. The van der Waals surface area contributed by atoms with Crippen LogP contribution in [0.25, 0.3) is 0 Å². The Kier molecular flexibility index (Phi) is 5.40. The predicted molar refractivity (Wildman–Crippen MR) is 68.2 cm³/mol. The quantitative estimate of drug-likeness (QED) is 0.757. The molecule has 0 aromatic rings. The third-order valence-corrected chi connectivity index (χ3v) is 3.18. The van der Waals surface area contributed by atoms with E-state index < -0.39 is 12.1 Å². The molecule has 1 heterocycles. The lowest BCUT2D eigenvalue weighted by molar-refractivity contribution is -0.137. The minimum Gasteiger partial charge on any atom is -0.453 e. The smallest absolute Gasteiger partial charge is 0.407 e. The summed E-state index contributed by atoms with van der Waals surface area (Å²) in [6.45, 7) is 8.07. The fourth-order valence-corrected chi connectivity index (χ4v) is 2.05. The third-order valence-electron chi connectivity index (χ3n) is 3.18. The highest BCUT2D eigenvalue weighted by Gasteiger charge is 2.32. The standard InChI is InChI=1S/C12H23N3O3/c1-8(2)10(14-12(17)18-4)11(16)15-6-5-13-7-9(15)3/h8-10,13H,5-7H2,1-4H3,(H,14,17)/t9-,10?/m0/s1. The van der Waals surface area contributed by atoms with Gasteiger partial charge in [-0.3, -0.25) is 4.79 Å². The molecule has 0 saturated carbocycles. The van der Waals surface area contributed by atoms with E-state index in [1.54, 1.807) is 0 Å². The largest absolute Gasteiger partial charge is 0.453 e. The second-order valence-electron chi connectivity index (χ2n) is 4.94. The van der Waals surface area contributed by atoms with Crippen LogP contribution in [0.5, 0.6) is 0 Å². The monoisotopic (exact) mass is 257 g/mol. The molecule has 0 radical (unpaired) electrons. The normalized spacial score (nSPS) is 21.6. The van der Waals surface area contributed by atoms with Gasteiger partial charge in [-0.15, -0.1) is 0 Å². The van der Waals surface area contributed by atoms with Gasteiger partial charge in [-0.2, -0.15) is 0 Å². The van der Waals surface area contributed by atoms with Gasteiger partial charge in [0.2, 0.25) is 5.91 Å². The first-order chi connectivity index (χ1) is 8.47. The van der Waals surface area contributed by atoms with Gasteiger partial charge in [-0.05, 0) is 12.8 Å². The molecule has 2 amide bonds. The van der Waals surface area contributed by atoms with Crippen molar-refractivity contribution in [2.75, 3.05) is 26.7 Å². The van der Waals surface area contributed by atoms with Gasteiger partial charge >= 0.3 is 6.09 Å². The zero-order valence-corrected chi connectivity index (χ0v) is 11.5. The van der Waals surface area contributed by atoms with Crippen molar-refractivity contribution in [3.63, 3.8) is 0 Å². The molecular weight excluding hydrogens is 234 g/mol. The Morgan fingerprint density at radius 3 is 2.61 bits per heavy atom. The maximum atomic E-state index is 12.4. The van der Waals surface area contributed by atoms with Crippen molar-refractivity contribution < 1.29 is 14.3 Å². The van der Waals surface area contributed by atoms with E-state index in [1.807, 2.05) is 25.7 Å². The van der Waals surface area contributed by atoms with Crippen LogP contribution in [0, 0.1) is 5.92 Å². The summed E-state index contributed by atoms with van der Waals surface area (Å²) in [6, 6.07) is -0.384. The van der Waals surface area contributed by atoms with E-state index in [0.29, 0.717) is 6.54 Å². The van der Waals surface area contributed by atoms with Crippen molar-refractivity contribution in [3.8, 4) is 0 Å². The van der Waals surface area contributed by atoms with Gasteiger partial charge in [-0.1, -0.05) is 13.8 Å². The Balaban J connectivity index is 2.72. The van der Waals surface area contributed by atoms with Gasteiger partial charge in [0.15, 0.2) is 0 Å². The molecule has 2 atom stereocenters. The van der Waals surface area contributed by atoms with E-state index >= 15 is 0 Å². The number of nitrogens with one attached hydrogen (secondary N) is 2. The Hall–Kier alpha value is -1.30. The number of ether oxygens (including phenoxy) is 1.